The standard InChI is InChI=1S/C18H19ClN2O4S/c1-26(23,24)17-12-13(6-7-14(17)19)18(22)20-15-4-2-3-5-16(15)21-8-10-25-11-9-21/h2-7,12H,8-11H2,1H3,(H,20,22). The molecule has 0 aromatic heterocycles. The molecule has 1 aliphatic rings. The molecule has 0 saturated carbocycles. The predicted molar refractivity (Wildman–Crippen MR) is 102 cm³/mol. The third-order valence-electron chi connectivity index (χ3n) is 4.10. The number of carbonyl (C=O) groups excluding carboxylic acids is 1. The number of benzene rings is 2. The van der Waals surface area contributed by atoms with Crippen molar-refractivity contribution >= 4 is 38.7 Å². The summed E-state index contributed by atoms with van der Waals surface area (Å²) >= 11 is 5.94. The van der Waals surface area contributed by atoms with E-state index in [1.54, 1.807) is 0 Å². The minimum Gasteiger partial charge on any atom is -0.378 e. The molecule has 0 radical (unpaired) electrons. The number of ether oxygens (including phenoxy) is 1. The number of amides is 1. The summed E-state index contributed by atoms with van der Waals surface area (Å²) in [5.74, 6) is -0.396. The molecule has 0 atom stereocenters. The number of sulfone groups is 1. The minimum atomic E-state index is -3.52. The van der Waals surface area contributed by atoms with Gasteiger partial charge in [-0.05, 0) is 30.3 Å². The summed E-state index contributed by atoms with van der Waals surface area (Å²) in [6.07, 6.45) is 1.06. The fraction of sp³-hybridized carbons (Fsp3) is 0.278. The Balaban J connectivity index is 1.87. The maximum absolute atomic E-state index is 12.6. The molecule has 138 valence electrons. The van der Waals surface area contributed by atoms with E-state index in [4.69, 9.17) is 16.3 Å². The highest BCUT2D eigenvalue weighted by Gasteiger charge is 2.18. The van der Waals surface area contributed by atoms with E-state index in [0.29, 0.717) is 18.9 Å². The summed E-state index contributed by atoms with van der Waals surface area (Å²) in [6, 6.07) is 11.7. The molecule has 0 aliphatic carbocycles. The minimum absolute atomic E-state index is 0.0618. The quantitative estimate of drug-likeness (QED) is 0.862. The molecule has 0 bridgehead atoms. The van der Waals surface area contributed by atoms with Gasteiger partial charge in [-0.25, -0.2) is 8.42 Å². The molecule has 0 spiro atoms. The number of carbonyl (C=O) groups is 1. The molecular weight excluding hydrogens is 376 g/mol. The molecular formula is C18H19ClN2O4S. The monoisotopic (exact) mass is 394 g/mol. The molecule has 3 rings (SSSR count). The summed E-state index contributed by atoms with van der Waals surface area (Å²) in [5.41, 5.74) is 1.79. The molecule has 26 heavy (non-hydrogen) atoms. The first-order chi connectivity index (χ1) is 12.4. The van der Waals surface area contributed by atoms with Gasteiger partial charge in [0.2, 0.25) is 0 Å². The second kappa shape index (κ2) is 7.65. The van der Waals surface area contributed by atoms with Gasteiger partial charge in [0.15, 0.2) is 9.84 Å². The first kappa shape index (κ1) is 18.7. The van der Waals surface area contributed by atoms with Gasteiger partial charge in [0.1, 0.15) is 0 Å². The van der Waals surface area contributed by atoms with Crippen LogP contribution in [-0.2, 0) is 14.6 Å². The zero-order chi connectivity index (χ0) is 18.7. The highest BCUT2D eigenvalue weighted by molar-refractivity contribution is 7.90. The molecule has 1 amide bonds. The van der Waals surface area contributed by atoms with E-state index in [0.717, 1.165) is 25.0 Å². The van der Waals surface area contributed by atoms with Gasteiger partial charge in [-0.3, -0.25) is 4.79 Å². The lowest BCUT2D eigenvalue weighted by molar-refractivity contribution is 0.102. The smallest absolute Gasteiger partial charge is 0.255 e. The second-order valence-corrected chi connectivity index (χ2v) is 8.38. The van der Waals surface area contributed by atoms with Crippen molar-refractivity contribution in [3.05, 3.63) is 53.1 Å². The third kappa shape index (κ3) is 4.17. The lowest BCUT2D eigenvalue weighted by atomic mass is 10.2. The zero-order valence-electron chi connectivity index (χ0n) is 14.2. The molecule has 1 heterocycles. The van der Waals surface area contributed by atoms with Gasteiger partial charge in [-0.1, -0.05) is 23.7 Å². The van der Waals surface area contributed by atoms with Crippen LogP contribution < -0.4 is 10.2 Å². The first-order valence-corrected chi connectivity index (χ1v) is 10.4. The molecule has 1 fully saturated rings. The SMILES string of the molecule is CS(=O)(=O)c1cc(C(=O)Nc2ccccc2N2CCOCC2)ccc1Cl. The maximum Gasteiger partial charge on any atom is 0.255 e. The van der Waals surface area contributed by atoms with Gasteiger partial charge < -0.3 is 15.0 Å². The van der Waals surface area contributed by atoms with E-state index in [1.165, 1.54) is 18.2 Å². The molecule has 6 nitrogen and oxygen atoms in total. The highest BCUT2D eigenvalue weighted by Crippen LogP contribution is 2.28. The second-order valence-electron chi connectivity index (χ2n) is 5.99. The number of halogens is 1. The first-order valence-electron chi connectivity index (χ1n) is 8.09. The van der Waals surface area contributed by atoms with E-state index in [9.17, 15) is 13.2 Å². The molecule has 8 heteroatoms. The number of anilines is 2. The van der Waals surface area contributed by atoms with Gasteiger partial charge in [0.25, 0.3) is 5.91 Å². The van der Waals surface area contributed by atoms with Crippen LogP contribution in [-0.4, -0.2) is 46.9 Å². The van der Waals surface area contributed by atoms with Crippen LogP contribution in [0.3, 0.4) is 0 Å². The van der Waals surface area contributed by atoms with Crippen molar-refractivity contribution in [1.29, 1.82) is 0 Å². The van der Waals surface area contributed by atoms with Crippen LogP contribution in [0, 0.1) is 0 Å². The van der Waals surface area contributed by atoms with Crippen LogP contribution in [0.4, 0.5) is 11.4 Å². The summed E-state index contributed by atoms with van der Waals surface area (Å²) in [7, 11) is -3.52. The van der Waals surface area contributed by atoms with Crippen molar-refractivity contribution < 1.29 is 17.9 Å². The van der Waals surface area contributed by atoms with Crippen molar-refractivity contribution in [3.63, 3.8) is 0 Å². The van der Waals surface area contributed by atoms with Crippen LogP contribution in [0.1, 0.15) is 10.4 Å². The Bertz CT molecular complexity index is 925. The van der Waals surface area contributed by atoms with Crippen LogP contribution in [0.15, 0.2) is 47.4 Å². The number of nitrogens with zero attached hydrogens (tertiary/aromatic N) is 1. The number of morpholine rings is 1. The highest BCUT2D eigenvalue weighted by atomic mass is 35.5. The number of hydrogen-bond acceptors (Lipinski definition) is 5. The topological polar surface area (TPSA) is 75.7 Å². The average molecular weight is 395 g/mol. The van der Waals surface area contributed by atoms with E-state index in [-0.39, 0.29) is 15.5 Å². The maximum atomic E-state index is 12.6. The van der Waals surface area contributed by atoms with Gasteiger partial charge in [0, 0.05) is 24.9 Å². The number of hydrogen-bond donors (Lipinski definition) is 1. The third-order valence-corrected chi connectivity index (χ3v) is 5.68. The van der Waals surface area contributed by atoms with Crippen molar-refractivity contribution in [2.75, 3.05) is 42.8 Å². The molecule has 0 unspecified atom stereocenters. The Labute approximate surface area is 157 Å². The largest absolute Gasteiger partial charge is 0.378 e. The van der Waals surface area contributed by atoms with E-state index in [2.05, 4.69) is 10.2 Å². The normalized spacial score (nSPS) is 14.9. The van der Waals surface area contributed by atoms with Gasteiger partial charge in [0.05, 0.1) is 34.5 Å². The number of rotatable bonds is 4. The van der Waals surface area contributed by atoms with Crippen LogP contribution in [0.25, 0.3) is 0 Å². The molecule has 2 aromatic rings. The number of para-hydroxylation sites is 2. The molecule has 2 aromatic carbocycles. The summed E-state index contributed by atoms with van der Waals surface area (Å²) < 4.78 is 29.0. The lowest BCUT2D eigenvalue weighted by Crippen LogP contribution is -2.36. The summed E-state index contributed by atoms with van der Waals surface area (Å²) in [6.45, 7) is 2.76. The molecule has 1 N–H and O–H groups in total. The molecule has 1 aliphatic heterocycles. The summed E-state index contributed by atoms with van der Waals surface area (Å²) in [4.78, 5) is 14.7. The van der Waals surface area contributed by atoms with Crippen molar-refractivity contribution in [2.24, 2.45) is 0 Å². The Morgan fingerprint density at radius 1 is 1.15 bits per heavy atom. The molecule has 1 saturated heterocycles. The Morgan fingerprint density at radius 3 is 2.54 bits per heavy atom. The average Bonchev–Trinajstić information content (AvgIpc) is 2.62. The van der Waals surface area contributed by atoms with Crippen LogP contribution in [0.5, 0.6) is 0 Å². The fourth-order valence-electron chi connectivity index (χ4n) is 2.78. The van der Waals surface area contributed by atoms with E-state index >= 15 is 0 Å². The van der Waals surface area contributed by atoms with Crippen LogP contribution >= 0.6 is 11.6 Å². The Hall–Kier alpha value is -2.09. The zero-order valence-corrected chi connectivity index (χ0v) is 15.8. The van der Waals surface area contributed by atoms with Crippen molar-refractivity contribution in [1.82, 2.24) is 0 Å². The van der Waals surface area contributed by atoms with E-state index in [1.807, 2.05) is 24.3 Å². The van der Waals surface area contributed by atoms with Gasteiger partial charge in [-0.2, -0.15) is 0 Å². The predicted octanol–water partition coefficient (Wildman–Crippen LogP) is 2.83. The van der Waals surface area contributed by atoms with Gasteiger partial charge in [-0.15, -0.1) is 0 Å². The lowest BCUT2D eigenvalue weighted by Gasteiger charge is -2.30. The van der Waals surface area contributed by atoms with Crippen LogP contribution in [0.2, 0.25) is 5.02 Å². The van der Waals surface area contributed by atoms with E-state index < -0.39 is 15.7 Å². The number of nitrogens with one attached hydrogen (secondary N) is 1. The summed E-state index contributed by atoms with van der Waals surface area (Å²) in [5, 5.41) is 2.96. The van der Waals surface area contributed by atoms with Gasteiger partial charge >= 0.3 is 0 Å². The Morgan fingerprint density at radius 2 is 1.85 bits per heavy atom. The fourth-order valence-corrected chi connectivity index (χ4v) is 4.08. The van der Waals surface area contributed by atoms with Crippen molar-refractivity contribution in [3.8, 4) is 0 Å². The Kier molecular flexibility index (Phi) is 5.50. The van der Waals surface area contributed by atoms with Crippen molar-refractivity contribution in [2.45, 2.75) is 4.90 Å².